The van der Waals surface area contributed by atoms with Gasteiger partial charge in [0, 0.05) is 0 Å². The molecule has 1 aromatic rings. The third-order valence-electron chi connectivity index (χ3n) is 1.25. The van der Waals surface area contributed by atoms with E-state index in [0.717, 1.165) is 0 Å². The van der Waals surface area contributed by atoms with Crippen LogP contribution in [-0.2, 0) is 9.53 Å². The average molecular weight is 298 g/mol. The lowest BCUT2D eigenvalue weighted by molar-refractivity contribution is -0.140. The fraction of sp³-hybridized carbons (Fsp3) is 0.286. The molecule has 0 spiro atoms. The van der Waals surface area contributed by atoms with Gasteiger partial charge in [-0.05, 0) is 28.1 Å². The summed E-state index contributed by atoms with van der Waals surface area (Å²) in [6.07, 6.45) is 0. The molecule has 1 heterocycles. The number of hydrogen-bond acceptors (Lipinski definition) is 3. The number of esters is 1. The molecule has 0 aliphatic rings. The second-order valence-electron chi connectivity index (χ2n) is 2.03. The lowest BCUT2D eigenvalue weighted by Gasteiger charge is -2.02. The molecule has 0 aliphatic carbocycles. The Morgan fingerprint density at radius 1 is 1.67 bits per heavy atom. The molecule has 0 bridgehead atoms. The van der Waals surface area contributed by atoms with Crippen LogP contribution in [0.4, 0.5) is 0 Å². The molecule has 1 atom stereocenters. The summed E-state index contributed by atoms with van der Waals surface area (Å²) in [7, 11) is 1.33. The maximum Gasteiger partial charge on any atom is 0.327 e. The maximum absolute atomic E-state index is 11.0. The minimum absolute atomic E-state index is 0.378. The molecule has 12 heavy (non-hydrogen) atoms. The molecule has 0 aliphatic heterocycles. The number of hydrogen-bond donors (Lipinski definition) is 0. The van der Waals surface area contributed by atoms with Crippen LogP contribution in [0.5, 0.6) is 0 Å². The highest BCUT2D eigenvalue weighted by molar-refractivity contribution is 9.10. The fourth-order valence-electron chi connectivity index (χ4n) is 0.684. The molecule has 0 N–H and O–H groups in total. The highest BCUT2D eigenvalue weighted by Gasteiger charge is 2.20. The van der Waals surface area contributed by atoms with E-state index in [1.54, 1.807) is 12.1 Å². The van der Waals surface area contributed by atoms with Crippen molar-refractivity contribution in [3.8, 4) is 0 Å². The van der Waals surface area contributed by atoms with Crippen LogP contribution < -0.4 is 0 Å². The third-order valence-corrected chi connectivity index (χ3v) is 2.50. The number of halogens is 2. The third kappa shape index (κ3) is 2.10. The predicted molar refractivity (Wildman–Crippen MR) is 50.1 cm³/mol. The molecule has 0 amide bonds. The van der Waals surface area contributed by atoms with E-state index in [0.29, 0.717) is 10.4 Å². The van der Waals surface area contributed by atoms with Gasteiger partial charge in [0.2, 0.25) is 0 Å². The molecular weight excluding hydrogens is 292 g/mol. The Hall–Kier alpha value is -0.290. The van der Waals surface area contributed by atoms with E-state index in [2.05, 4.69) is 36.6 Å². The predicted octanol–water partition coefficient (Wildman–Crippen LogP) is 2.65. The molecule has 5 heteroatoms. The van der Waals surface area contributed by atoms with Crippen LogP contribution >= 0.6 is 31.9 Å². The lowest BCUT2D eigenvalue weighted by Crippen LogP contribution is -2.06. The van der Waals surface area contributed by atoms with Crippen LogP contribution in [0.1, 0.15) is 10.6 Å². The topological polar surface area (TPSA) is 39.4 Å². The molecule has 3 nitrogen and oxygen atoms in total. The number of carbonyl (C=O) groups excluding carboxylic acids is 1. The number of furan rings is 1. The van der Waals surface area contributed by atoms with Crippen molar-refractivity contribution >= 4 is 37.8 Å². The van der Waals surface area contributed by atoms with Crippen molar-refractivity contribution in [2.24, 2.45) is 0 Å². The van der Waals surface area contributed by atoms with Crippen molar-refractivity contribution in [2.45, 2.75) is 4.83 Å². The summed E-state index contributed by atoms with van der Waals surface area (Å²) >= 11 is 6.27. The molecule has 1 rings (SSSR count). The van der Waals surface area contributed by atoms with Crippen molar-refractivity contribution in [3.05, 3.63) is 22.6 Å². The normalized spacial score (nSPS) is 12.6. The molecule has 0 aromatic carbocycles. The Kier molecular flexibility index (Phi) is 3.34. The van der Waals surface area contributed by atoms with E-state index in [9.17, 15) is 4.79 Å². The van der Waals surface area contributed by atoms with Gasteiger partial charge in [-0.15, -0.1) is 0 Å². The number of rotatable bonds is 2. The molecular formula is C7H6Br2O3. The SMILES string of the molecule is COC(=O)C(Br)c1ccc(Br)o1. The minimum Gasteiger partial charge on any atom is -0.468 e. The monoisotopic (exact) mass is 296 g/mol. The molecule has 1 unspecified atom stereocenters. The first-order valence-corrected chi connectivity index (χ1v) is 4.83. The van der Waals surface area contributed by atoms with E-state index in [1.807, 2.05) is 0 Å². The summed E-state index contributed by atoms with van der Waals surface area (Å²) in [5.74, 6) is 0.144. The highest BCUT2D eigenvalue weighted by Crippen LogP contribution is 2.27. The standard InChI is InChI=1S/C7H6Br2O3/c1-11-7(10)6(9)4-2-3-5(8)12-4/h2-3,6H,1H3. The van der Waals surface area contributed by atoms with Crippen molar-refractivity contribution in [1.82, 2.24) is 0 Å². The van der Waals surface area contributed by atoms with E-state index in [4.69, 9.17) is 4.42 Å². The van der Waals surface area contributed by atoms with Crippen molar-refractivity contribution in [3.63, 3.8) is 0 Å². The Morgan fingerprint density at radius 3 is 2.75 bits per heavy atom. The van der Waals surface area contributed by atoms with Gasteiger partial charge in [-0.1, -0.05) is 15.9 Å². The molecule has 1 aromatic heterocycles. The number of carbonyl (C=O) groups is 1. The number of ether oxygens (including phenoxy) is 1. The van der Waals surface area contributed by atoms with Crippen molar-refractivity contribution < 1.29 is 13.9 Å². The summed E-state index contributed by atoms with van der Waals surface area (Å²) in [5, 5.41) is 0. The summed E-state index contributed by atoms with van der Waals surface area (Å²) in [6.45, 7) is 0. The van der Waals surface area contributed by atoms with Gasteiger partial charge in [0.1, 0.15) is 5.76 Å². The second-order valence-corrected chi connectivity index (χ2v) is 3.72. The number of methoxy groups -OCH3 is 1. The minimum atomic E-state index is -0.534. The number of alkyl halides is 1. The zero-order chi connectivity index (χ0) is 9.14. The first kappa shape index (κ1) is 9.80. The van der Waals surface area contributed by atoms with Gasteiger partial charge in [-0.3, -0.25) is 4.79 Å². The van der Waals surface area contributed by atoms with Gasteiger partial charge < -0.3 is 9.15 Å². The van der Waals surface area contributed by atoms with E-state index >= 15 is 0 Å². The summed E-state index contributed by atoms with van der Waals surface area (Å²) in [6, 6.07) is 3.41. The van der Waals surface area contributed by atoms with Gasteiger partial charge in [0.25, 0.3) is 0 Å². The van der Waals surface area contributed by atoms with E-state index < -0.39 is 4.83 Å². The van der Waals surface area contributed by atoms with Crippen LogP contribution in [0.3, 0.4) is 0 Å². The summed E-state index contributed by atoms with van der Waals surface area (Å²) in [5.41, 5.74) is 0. The quantitative estimate of drug-likeness (QED) is 0.622. The van der Waals surface area contributed by atoms with Crippen LogP contribution in [0.25, 0.3) is 0 Å². The van der Waals surface area contributed by atoms with E-state index in [-0.39, 0.29) is 5.97 Å². The fourth-order valence-corrected chi connectivity index (χ4v) is 1.44. The van der Waals surface area contributed by atoms with Gasteiger partial charge >= 0.3 is 5.97 Å². The Morgan fingerprint density at radius 2 is 2.33 bits per heavy atom. The zero-order valence-electron chi connectivity index (χ0n) is 6.21. The Bertz CT molecular complexity index is 282. The molecule has 0 saturated carbocycles. The molecule has 66 valence electrons. The lowest BCUT2D eigenvalue weighted by atomic mass is 10.3. The molecule has 0 radical (unpaired) electrons. The van der Waals surface area contributed by atoms with Gasteiger partial charge in [-0.2, -0.15) is 0 Å². The van der Waals surface area contributed by atoms with E-state index in [1.165, 1.54) is 7.11 Å². The molecule has 0 saturated heterocycles. The van der Waals surface area contributed by atoms with Crippen molar-refractivity contribution in [2.75, 3.05) is 7.11 Å². The van der Waals surface area contributed by atoms with Crippen molar-refractivity contribution in [1.29, 1.82) is 0 Å². The molecule has 0 fully saturated rings. The average Bonchev–Trinajstić information content (AvgIpc) is 2.49. The van der Waals surface area contributed by atoms with Gasteiger partial charge in [0.05, 0.1) is 7.11 Å². The van der Waals surface area contributed by atoms with Gasteiger partial charge in [0.15, 0.2) is 9.50 Å². The van der Waals surface area contributed by atoms with Crippen LogP contribution in [0.2, 0.25) is 0 Å². The first-order valence-electron chi connectivity index (χ1n) is 3.12. The summed E-state index contributed by atoms with van der Waals surface area (Å²) in [4.78, 5) is 10.4. The van der Waals surface area contributed by atoms with Crippen LogP contribution in [0, 0.1) is 0 Å². The van der Waals surface area contributed by atoms with Crippen LogP contribution in [-0.4, -0.2) is 13.1 Å². The van der Waals surface area contributed by atoms with Crippen LogP contribution in [0.15, 0.2) is 21.2 Å². The smallest absolute Gasteiger partial charge is 0.327 e. The zero-order valence-corrected chi connectivity index (χ0v) is 9.38. The largest absolute Gasteiger partial charge is 0.468 e. The highest BCUT2D eigenvalue weighted by atomic mass is 79.9. The first-order chi connectivity index (χ1) is 5.65. The second kappa shape index (κ2) is 4.09. The Balaban J connectivity index is 2.77. The summed E-state index contributed by atoms with van der Waals surface area (Å²) < 4.78 is 10.2. The van der Waals surface area contributed by atoms with Gasteiger partial charge in [-0.25, -0.2) is 0 Å². The maximum atomic E-state index is 11.0. The Labute approximate surface area is 86.3 Å².